The van der Waals surface area contributed by atoms with Gasteiger partial charge < -0.3 is 5.11 Å². The highest BCUT2D eigenvalue weighted by Crippen LogP contribution is 2.67. The lowest BCUT2D eigenvalue weighted by Gasteiger charge is -2.57. The van der Waals surface area contributed by atoms with Crippen LogP contribution >= 0.6 is 15.9 Å². The topological polar surface area (TPSA) is 37.3 Å². The van der Waals surface area contributed by atoms with Crippen molar-refractivity contribution < 1.29 is 9.90 Å². The summed E-state index contributed by atoms with van der Waals surface area (Å²) in [5.74, 6) is 2.69. The standard InChI is InChI=1S/C21H31BrO2/c1-12(23)19-18(22)11-17-15-5-4-13-10-14(24)6-8-20(13,2)16(15)7-9-21(17,19)3/h4,14-19,24H,5-11H2,1-3H3/t14?,15-,16+,17+,18?,19+,20+,21+/m1/s1. The molecule has 1 N–H and O–H groups in total. The second-order valence-electron chi connectivity index (χ2n) is 9.54. The zero-order valence-corrected chi connectivity index (χ0v) is 16.8. The van der Waals surface area contributed by atoms with Crippen molar-refractivity contribution in [1.82, 2.24) is 0 Å². The third-order valence-electron chi connectivity index (χ3n) is 8.50. The molecule has 0 spiro atoms. The second kappa shape index (κ2) is 5.67. The minimum Gasteiger partial charge on any atom is -0.393 e. The molecule has 0 bridgehead atoms. The van der Waals surface area contributed by atoms with Gasteiger partial charge in [-0.3, -0.25) is 4.79 Å². The van der Waals surface area contributed by atoms with Crippen LogP contribution in [0, 0.1) is 34.5 Å². The van der Waals surface area contributed by atoms with Gasteiger partial charge in [0, 0.05) is 10.7 Å². The second-order valence-corrected chi connectivity index (χ2v) is 10.7. The van der Waals surface area contributed by atoms with Crippen LogP contribution < -0.4 is 0 Å². The van der Waals surface area contributed by atoms with Crippen molar-refractivity contribution in [2.75, 3.05) is 0 Å². The summed E-state index contributed by atoms with van der Waals surface area (Å²) in [6.07, 6.45) is 10.1. The first-order chi connectivity index (χ1) is 11.3. The Kier molecular flexibility index (Phi) is 4.08. The minimum absolute atomic E-state index is 0.129. The maximum Gasteiger partial charge on any atom is 0.134 e. The molecule has 0 heterocycles. The van der Waals surface area contributed by atoms with Gasteiger partial charge in [-0.1, -0.05) is 41.4 Å². The number of Topliss-reactive ketones (excluding diaryl/α,β-unsaturated/α-hetero) is 1. The molecule has 3 fully saturated rings. The van der Waals surface area contributed by atoms with Gasteiger partial charge in [0.2, 0.25) is 0 Å². The summed E-state index contributed by atoms with van der Waals surface area (Å²) in [4.78, 5) is 12.7. The molecule has 4 aliphatic rings. The number of aliphatic hydroxyl groups excluding tert-OH is 1. The van der Waals surface area contributed by atoms with Crippen LogP contribution in [0.5, 0.6) is 0 Å². The SMILES string of the molecule is CC(=O)[C@H]1C(Br)C[C@H]2[C@@H]3CC=C4CC(O)CC[C@]4(C)[C@H]3CC[C@]12C. The molecule has 134 valence electrons. The van der Waals surface area contributed by atoms with Crippen LogP contribution in [0.1, 0.15) is 65.7 Å². The molecule has 0 radical (unpaired) electrons. The van der Waals surface area contributed by atoms with Crippen molar-refractivity contribution in [2.24, 2.45) is 34.5 Å². The third kappa shape index (κ3) is 2.26. The molecular weight excluding hydrogens is 364 g/mol. The van der Waals surface area contributed by atoms with Gasteiger partial charge in [0.15, 0.2) is 0 Å². The Labute approximate surface area is 154 Å². The lowest BCUT2D eigenvalue weighted by atomic mass is 9.47. The quantitative estimate of drug-likeness (QED) is 0.507. The number of carbonyl (C=O) groups excluding carboxylic acids is 1. The van der Waals surface area contributed by atoms with Gasteiger partial charge in [-0.2, -0.15) is 0 Å². The van der Waals surface area contributed by atoms with Crippen molar-refractivity contribution in [1.29, 1.82) is 0 Å². The number of hydrogen-bond donors (Lipinski definition) is 1. The van der Waals surface area contributed by atoms with Crippen LogP contribution in [-0.2, 0) is 4.79 Å². The van der Waals surface area contributed by atoms with E-state index in [4.69, 9.17) is 0 Å². The molecule has 0 saturated heterocycles. The average molecular weight is 395 g/mol. The van der Waals surface area contributed by atoms with Crippen molar-refractivity contribution in [3.05, 3.63) is 11.6 Å². The number of aliphatic hydroxyl groups is 1. The Balaban J connectivity index is 1.68. The maximum atomic E-state index is 12.3. The van der Waals surface area contributed by atoms with E-state index in [1.165, 1.54) is 18.4 Å². The lowest BCUT2D eigenvalue weighted by Crippen LogP contribution is -2.51. The summed E-state index contributed by atoms with van der Waals surface area (Å²) in [5, 5.41) is 10.1. The number of alkyl halides is 1. The van der Waals surface area contributed by atoms with E-state index in [-0.39, 0.29) is 17.4 Å². The molecule has 24 heavy (non-hydrogen) atoms. The van der Waals surface area contributed by atoms with Gasteiger partial charge in [-0.05, 0) is 80.5 Å². The van der Waals surface area contributed by atoms with Crippen LogP contribution in [-0.4, -0.2) is 21.8 Å². The first kappa shape index (κ1) is 17.3. The molecular formula is C21H31BrO2. The van der Waals surface area contributed by atoms with Gasteiger partial charge in [0.05, 0.1) is 6.10 Å². The van der Waals surface area contributed by atoms with E-state index in [1.807, 2.05) is 0 Å². The van der Waals surface area contributed by atoms with Gasteiger partial charge in [-0.25, -0.2) is 0 Å². The molecule has 0 amide bonds. The van der Waals surface area contributed by atoms with E-state index in [0.29, 0.717) is 21.9 Å². The van der Waals surface area contributed by atoms with Crippen molar-refractivity contribution in [2.45, 2.75) is 76.6 Å². The Bertz CT molecular complexity index is 584. The molecule has 3 heteroatoms. The fourth-order valence-electron chi connectivity index (χ4n) is 7.33. The Hall–Kier alpha value is -0.150. The molecule has 4 rings (SSSR count). The third-order valence-corrected chi connectivity index (χ3v) is 9.41. The maximum absolute atomic E-state index is 12.3. The number of hydrogen-bond acceptors (Lipinski definition) is 2. The van der Waals surface area contributed by atoms with Crippen LogP contribution in [0.25, 0.3) is 0 Å². The zero-order valence-electron chi connectivity index (χ0n) is 15.2. The van der Waals surface area contributed by atoms with E-state index in [0.717, 1.165) is 43.9 Å². The fourth-order valence-corrected chi connectivity index (χ4v) is 8.71. The number of halogens is 1. The van der Waals surface area contributed by atoms with E-state index in [9.17, 15) is 9.90 Å². The highest BCUT2D eigenvalue weighted by molar-refractivity contribution is 9.09. The monoisotopic (exact) mass is 394 g/mol. The van der Waals surface area contributed by atoms with Crippen molar-refractivity contribution in [3.8, 4) is 0 Å². The molecule has 0 aliphatic heterocycles. The minimum atomic E-state index is -0.129. The Morgan fingerprint density at radius 2 is 2.00 bits per heavy atom. The highest BCUT2D eigenvalue weighted by atomic mass is 79.9. The molecule has 2 nitrogen and oxygen atoms in total. The van der Waals surface area contributed by atoms with Crippen LogP contribution in [0.2, 0.25) is 0 Å². The predicted molar refractivity (Wildman–Crippen MR) is 100.0 cm³/mol. The predicted octanol–water partition coefficient (Wildman–Crippen LogP) is 4.89. The fraction of sp³-hybridized carbons (Fsp3) is 0.857. The van der Waals surface area contributed by atoms with Crippen molar-refractivity contribution in [3.63, 3.8) is 0 Å². The van der Waals surface area contributed by atoms with Gasteiger partial charge >= 0.3 is 0 Å². The molecule has 8 atom stereocenters. The Morgan fingerprint density at radius 1 is 1.25 bits per heavy atom. The van der Waals surface area contributed by atoms with Gasteiger partial charge in [-0.15, -0.1) is 0 Å². The first-order valence-corrected chi connectivity index (χ1v) is 10.7. The molecule has 0 aromatic rings. The van der Waals surface area contributed by atoms with Crippen LogP contribution in [0.4, 0.5) is 0 Å². The molecule has 4 aliphatic carbocycles. The van der Waals surface area contributed by atoms with Gasteiger partial charge in [0.25, 0.3) is 0 Å². The number of ketones is 1. The summed E-state index contributed by atoms with van der Waals surface area (Å²) >= 11 is 3.87. The van der Waals surface area contributed by atoms with Crippen LogP contribution in [0.15, 0.2) is 11.6 Å². The molecule has 0 aromatic heterocycles. The van der Waals surface area contributed by atoms with Gasteiger partial charge in [0.1, 0.15) is 5.78 Å². The number of fused-ring (bicyclic) bond motifs is 5. The average Bonchev–Trinajstić information content (AvgIpc) is 2.78. The summed E-state index contributed by atoms with van der Waals surface area (Å²) in [6.45, 7) is 6.65. The van der Waals surface area contributed by atoms with Crippen LogP contribution in [0.3, 0.4) is 0 Å². The summed E-state index contributed by atoms with van der Waals surface area (Å²) < 4.78 is 0. The molecule has 3 saturated carbocycles. The van der Waals surface area contributed by atoms with E-state index in [2.05, 4.69) is 35.9 Å². The normalized spacial score (nSPS) is 53.6. The van der Waals surface area contributed by atoms with E-state index < -0.39 is 0 Å². The van der Waals surface area contributed by atoms with Crippen molar-refractivity contribution >= 4 is 21.7 Å². The van der Waals surface area contributed by atoms with E-state index >= 15 is 0 Å². The number of allylic oxidation sites excluding steroid dienone is 1. The smallest absolute Gasteiger partial charge is 0.134 e. The van der Waals surface area contributed by atoms with E-state index in [1.54, 1.807) is 6.92 Å². The highest BCUT2D eigenvalue weighted by Gasteiger charge is 2.61. The summed E-state index contributed by atoms with van der Waals surface area (Å²) in [6, 6.07) is 0. The molecule has 2 unspecified atom stereocenters. The number of rotatable bonds is 1. The zero-order chi connectivity index (χ0) is 17.3. The molecule has 0 aromatic carbocycles. The lowest BCUT2D eigenvalue weighted by molar-refractivity contribution is -0.127. The number of carbonyl (C=O) groups is 1. The Morgan fingerprint density at radius 3 is 2.71 bits per heavy atom. The summed E-state index contributed by atoms with van der Waals surface area (Å²) in [5.41, 5.74) is 2.00. The summed E-state index contributed by atoms with van der Waals surface area (Å²) in [7, 11) is 0. The largest absolute Gasteiger partial charge is 0.393 e. The first-order valence-electron chi connectivity index (χ1n) is 9.79.